The van der Waals surface area contributed by atoms with E-state index < -0.39 is 21.5 Å². The van der Waals surface area contributed by atoms with Crippen LogP contribution in [0.25, 0.3) is 0 Å². The summed E-state index contributed by atoms with van der Waals surface area (Å²) >= 11 is 0. The van der Waals surface area contributed by atoms with Gasteiger partial charge in [-0.3, -0.25) is 0 Å². The summed E-state index contributed by atoms with van der Waals surface area (Å²) in [6, 6.07) is 0. The van der Waals surface area contributed by atoms with Gasteiger partial charge in [0.15, 0.2) is 0 Å². The molecule has 0 aromatic heterocycles. The van der Waals surface area contributed by atoms with E-state index in [9.17, 15) is 18.1 Å². The number of hydrogen-bond acceptors (Lipinski definition) is 4. The van der Waals surface area contributed by atoms with Gasteiger partial charge in [0.25, 0.3) is 0 Å². The van der Waals surface area contributed by atoms with Crippen LogP contribution in [0.2, 0.25) is 0 Å². The van der Waals surface area contributed by atoms with Gasteiger partial charge in [-0.25, -0.2) is 8.42 Å². The summed E-state index contributed by atoms with van der Waals surface area (Å²) < 4.78 is 34.3. The molecular formula is C20H41KO4S. The molecule has 0 aliphatic carbocycles. The van der Waals surface area contributed by atoms with Gasteiger partial charge >= 0.3 is 51.4 Å². The average molecular weight is 417 g/mol. The van der Waals surface area contributed by atoms with E-state index in [0.717, 1.165) is 32.1 Å². The molecule has 2 unspecified atom stereocenters. The standard InChI is InChI=1S/C20H42O4S.K/c1-3-5-7-9-10-12-14-16-20(25(22,23)24)18-17-19(21)15-13-11-8-6-4-2;/h19-21H,3-18H2,1-2H3,(H,22,23,24);/q;+1/p-1. The second-order valence-corrected chi connectivity index (χ2v) is 9.11. The molecule has 2 atom stereocenters. The molecule has 0 radical (unpaired) electrons. The van der Waals surface area contributed by atoms with Crippen LogP contribution in [-0.4, -0.2) is 29.4 Å². The fourth-order valence-electron chi connectivity index (χ4n) is 3.27. The van der Waals surface area contributed by atoms with E-state index in [0.29, 0.717) is 25.7 Å². The van der Waals surface area contributed by atoms with Crippen molar-refractivity contribution in [1.29, 1.82) is 0 Å². The number of rotatable bonds is 18. The predicted octanol–water partition coefficient (Wildman–Crippen LogP) is 2.55. The fraction of sp³-hybridized carbons (Fsp3) is 1.00. The van der Waals surface area contributed by atoms with Crippen LogP contribution < -0.4 is 51.4 Å². The topological polar surface area (TPSA) is 77.4 Å². The van der Waals surface area contributed by atoms with Crippen LogP contribution in [-0.2, 0) is 10.1 Å². The van der Waals surface area contributed by atoms with Crippen molar-refractivity contribution >= 4 is 10.1 Å². The zero-order chi connectivity index (χ0) is 19.0. The first-order chi connectivity index (χ1) is 11.9. The van der Waals surface area contributed by atoms with Gasteiger partial charge in [0.1, 0.15) is 0 Å². The fourth-order valence-corrected chi connectivity index (χ4v) is 4.15. The van der Waals surface area contributed by atoms with E-state index in [1.165, 1.54) is 44.9 Å². The Hall–Kier alpha value is 1.51. The average Bonchev–Trinajstić information content (AvgIpc) is 2.55. The molecule has 0 heterocycles. The van der Waals surface area contributed by atoms with E-state index >= 15 is 0 Å². The monoisotopic (exact) mass is 416 g/mol. The Kier molecular flexibility index (Phi) is 22.6. The molecule has 6 heteroatoms. The summed E-state index contributed by atoms with van der Waals surface area (Å²) in [5, 5.41) is 9.19. The first-order valence-corrected chi connectivity index (χ1v) is 12.0. The van der Waals surface area contributed by atoms with E-state index in [2.05, 4.69) is 13.8 Å². The molecule has 0 amide bonds. The molecule has 4 nitrogen and oxygen atoms in total. The Balaban J connectivity index is 0. The van der Waals surface area contributed by atoms with Crippen LogP contribution in [0.4, 0.5) is 0 Å². The van der Waals surface area contributed by atoms with Crippen molar-refractivity contribution in [2.24, 2.45) is 0 Å². The molecule has 152 valence electrons. The van der Waals surface area contributed by atoms with Gasteiger partial charge < -0.3 is 9.66 Å². The number of aliphatic hydroxyl groups excluding tert-OH is 1. The Morgan fingerprint density at radius 2 is 1.12 bits per heavy atom. The maximum absolute atomic E-state index is 11.4. The zero-order valence-corrected chi connectivity index (χ0v) is 21.5. The molecule has 0 aromatic rings. The van der Waals surface area contributed by atoms with E-state index in [4.69, 9.17) is 0 Å². The summed E-state index contributed by atoms with van der Waals surface area (Å²) in [5.41, 5.74) is 0. The minimum absolute atomic E-state index is 0. The second kappa shape index (κ2) is 19.8. The summed E-state index contributed by atoms with van der Waals surface area (Å²) in [5.74, 6) is 0. The van der Waals surface area contributed by atoms with Crippen LogP contribution in [0.1, 0.15) is 117 Å². The van der Waals surface area contributed by atoms with Crippen molar-refractivity contribution in [2.75, 3.05) is 0 Å². The van der Waals surface area contributed by atoms with Crippen molar-refractivity contribution in [3.63, 3.8) is 0 Å². The minimum atomic E-state index is -4.26. The van der Waals surface area contributed by atoms with E-state index in [1.54, 1.807) is 0 Å². The molecule has 0 rings (SSSR count). The third kappa shape index (κ3) is 18.9. The molecule has 0 saturated carbocycles. The third-order valence-corrected chi connectivity index (χ3v) is 6.29. The van der Waals surface area contributed by atoms with Crippen molar-refractivity contribution in [2.45, 2.75) is 128 Å². The molecule has 0 aromatic carbocycles. The molecule has 0 spiro atoms. The molecule has 0 aliphatic heterocycles. The van der Waals surface area contributed by atoms with Crippen molar-refractivity contribution in [1.82, 2.24) is 0 Å². The van der Waals surface area contributed by atoms with Crippen molar-refractivity contribution in [3.05, 3.63) is 0 Å². The molecule has 0 fully saturated rings. The SMILES string of the molecule is CCCCCCCCCC(CCC(O)CCCCCCC)S(=O)(=O)[O-].[K+]. The van der Waals surface area contributed by atoms with Gasteiger partial charge in [-0.1, -0.05) is 90.9 Å². The Labute approximate surface area is 205 Å². The van der Waals surface area contributed by atoms with E-state index in [1.807, 2.05) is 0 Å². The van der Waals surface area contributed by atoms with Crippen LogP contribution >= 0.6 is 0 Å². The van der Waals surface area contributed by atoms with Gasteiger partial charge in [0.2, 0.25) is 0 Å². The Bertz CT molecular complexity index is 387. The summed E-state index contributed by atoms with van der Waals surface area (Å²) in [7, 11) is -4.26. The summed E-state index contributed by atoms with van der Waals surface area (Å²) in [4.78, 5) is 0. The molecule has 0 aliphatic rings. The maximum Gasteiger partial charge on any atom is 1.00 e. The van der Waals surface area contributed by atoms with Gasteiger partial charge in [0.05, 0.1) is 16.2 Å². The molecular weight excluding hydrogens is 375 g/mol. The Morgan fingerprint density at radius 3 is 1.58 bits per heavy atom. The van der Waals surface area contributed by atoms with Crippen LogP contribution in [0, 0.1) is 0 Å². The van der Waals surface area contributed by atoms with Gasteiger partial charge in [-0.05, 0) is 25.7 Å². The summed E-state index contributed by atoms with van der Waals surface area (Å²) in [6.45, 7) is 4.35. The molecule has 0 bridgehead atoms. The zero-order valence-electron chi connectivity index (χ0n) is 17.5. The first-order valence-electron chi connectivity index (χ1n) is 10.5. The van der Waals surface area contributed by atoms with Gasteiger partial charge in [-0.2, -0.15) is 0 Å². The van der Waals surface area contributed by atoms with Gasteiger partial charge in [-0.15, -0.1) is 0 Å². The van der Waals surface area contributed by atoms with Crippen LogP contribution in [0.15, 0.2) is 0 Å². The smallest absolute Gasteiger partial charge is 0.748 e. The maximum atomic E-state index is 11.4. The Morgan fingerprint density at radius 1 is 0.692 bits per heavy atom. The predicted molar refractivity (Wildman–Crippen MR) is 105 cm³/mol. The quantitative estimate of drug-likeness (QED) is 0.212. The number of hydrogen-bond donors (Lipinski definition) is 1. The molecule has 26 heavy (non-hydrogen) atoms. The number of aliphatic hydroxyl groups is 1. The molecule has 0 saturated heterocycles. The van der Waals surface area contributed by atoms with Crippen molar-refractivity contribution < 1.29 is 69.5 Å². The van der Waals surface area contributed by atoms with Gasteiger partial charge in [0, 0.05) is 5.25 Å². The normalized spacial score (nSPS) is 14.0. The van der Waals surface area contributed by atoms with Crippen LogP contribution in [0.5, 0.6) is 0 Å². The largest absolute Gasteiger partial charge is 1.00 e. The molecule has 1 N–H and O–H groups in total. The third-order valence-electron chi connectivity index (χ3n) is 5.00. The van der Waals surface area contributed by atoms with Crippen LogP contribution in [0.3, 0.4) is 0 Å². The summed E-state index contributed by atoms with van der Waals surface area (Å²) in [6.07, 6.45) is 15.0. The minimum Gasteiger partial charge on any atom is -0.748 e. The first kappa shape index (κ1) is 29.7. The van der Waals surface area contributed by atoms with E-state index in [-0.39, 0.29) is 51.4 Å². The number of unbranched alkanes of at least 4 members (excludes halogenated alkanes) is 10. The van der Waals surface area contributed by atoms with Crippen molar-refractivity contribution in [3.8, 4) is 0 Å². The second-order valence-electron chi connectivity index (χ2n) is 7.46.